The van der Waals surface area contributed by atoms with E-state index in [4.69, 9.17) is 4.74 Å². The molecule has 0 saturated carbocycles. The fraction of sp³-hybridized carbons (Fsp3) is 0.722. The second kappa shape index (κ2) is 8.14. The first-order valence-corrected chi connectivity index (χ1v) is 9.08. The van der Waals surface area contributed by atoms with E-state index in [1.165, 1.54) is 25.7 Å². The SMILES string of the molecule is Cn1c(CN2CCCCCC2)cc(=O)c(O)c1CN1CCOCC1. The Labute approximate surface area is 143 Å². The number of hydrogen-bond acceptors (Lipinski definition) is 5. The topological polar surface area (TPSA) is 57.9 Å². The van der Waals surface area contributed by atoms with Crippen molar-refractivity contribution >= 4 is 0 Å². The summed E-state index contributed by atoms with van der Waals surface area (Å²) in [5.41, 5.74) is 1.44. The Bertz CT molecular complexity index is 600. The Morgan fingerprint density at radius 1 is 1.00 bits per heavy atom. The van der Waals surface area contributed by atoms with Crippen LogP contribution in [0, 0.1) is 0 Å². The highest BCUT2D eigenvalue weighted by Gasteiger charge is 2.19. The van der Waals surface area contributed by atoms with Crippen LogP contribution in [0.25, 0.3) is 0 Å². The van der Waals surface area contributed by atoms with Crippen molar-refractivity contribution in [3.05, 3.63) is 27.7 Å². The number of likely N-dealkylation sites (tertiary alicyclic amines) is 1. The van der Waals surface area contributed by atoms with E-state index in [0.717, 1.165) is 38.4 Å². The quantitative estimate of drug-likeness (QED) is 0.899. The molecule has 0 aromatic carbocycles. The molecule has 0 bridgehead atoms. The van der Waals surface area contributed by atoms with Crippen molar-refractivity contribution in [3.8, 4) is 5.75 Å². The lowest BCUT2D eigenvalue weighted by molar-refractivity contribution is 0.0327. The van der Waals surface area contributed by atoms with Crippen LogP contribution in [0.1, 0.15) is 37.1 Å². The van der Waals surface area contributed by atoms with E-state index >= 15 is 0 Å². The minimum atomic E-state index is -0.263. The van der Waals surface area contributed by atoms with Gasteiger partial charge in [0, 0.05) is 45.0 Å². The zero-order valence-corrected chi connectivity index (χ0v) is 14.7. The number of aromatic hydroxyl groups is 1. The van der Waals surface area contributed by atoms with Crippen LogP contribution in [-0.2, 0) is 24.9 Å². The van der Waals surface area contributed by atoms with Crippen LogP contribution >= 0.6 is 0 Å². The highest BCUT2D eigenvalue weighted by molar-refractivity contribution is 5.30. The molecule has 3 heterocycles. The van der Waals surface area contributed by atoms with Gasteiger partial charge in [0.15, 0.2) is 5.75 Å². The molecule has 0 radical (unpaired) electrons. The van der Waals surface area contributed by atoms with Crippen molar-refractivity contribution in [1.82, 2.24) is 14.4 Å². The third kappa shape index (κ3) is 4.18. The summed E-state index contributed by atoms with van der Waals surface area (Å²) in [5.74, 6) is -0.108. The van der Waals surface area contributed by atoms with Crippen LogP contribution in [0.5, 0.6) is 5.75 Å². The van der Waals surface area contributed by atoms with E-state index in [9.17, 15) is 9.90 Å². The molecule has 134 valence electrons. The van der Waals surface area contributed by atoms with E-state index in [1.807, 2.05) is 11.6 Å². The summed E-state index contributed by atoms with van der Waals surface area (Å²) in [7, 11) is 1.96. The second-order valence-corrected chi connectivity index (χ2v) is 6.93. The number of aromatic nitrogens is 1. The van der Waals surface area contributed by atoms with Crippen LogP contribution in [0.3, 0.4) is 0 Å². The van der Waals surface area contributed by atoms with Crippen LogP contribution in [0.2, 0.25) is 0 Å². The Morgan fingerprint density at radius 2 is 1.62 bits per heavy atom. The van der Waals surface area contributed by atoms with E-state index in [0.29, 0.717) is 25.5 Å². The molecule has 0 atom stereocenters. The summed E-state index contributed by atoms with van der Waals surface area (Å²) in [5, 5.41) is 10.3. The molecular formula is C18H29N3O3. The van der Waals surface area contributed by atoms with Crippen molar-refractivity contribution in [2.45, 2.75) is 38.8 Å². The first-order valence-electron chi connectivity index (χ1n) is 9.08. The molecule has 0 aliphatic carbocycles. The van der Waals surface area contributed by atoms with Gasteiger partial charge < -0.3 is 14.4 Å². The molecule has 2 aliphatic rings. The first kappa shape index (κ1) is 17.5. The smallest absolute Gasteiger partial charge is 0.223 e. The Hall–Kier alpha value is -1.37. The standard InChI is InChI=1S/C18H29N3O3/c1-19-15(13-20-6-4-2-3-5-7-20)12-17(22)18(23)16(19)14-21-8-10-24-11-9-21/h12,23H,2-11,13-14H2,1H3. The third-order valence-corrected chi connectivity index (χ3v) is 5.20. The van der Waals surface area contributed by atoms with Gasteiger partial charge >= 0.3 is 0 Å². The third-order valence-electron chi connectivity index (χ3n) is 5.20. The Balaban J connectivity index is 1.80. The van der Waals surface area contributed by atoms with Crippen molar-refractivity contribution < 1.29 is 9.84 Å². The predicted molar refractivity (Wildman–Crippen MR) is 93.2 cm³/mol. The highest BCUT2D eigenvalue weighted by Crippen LogP contribution is 2.19. The summed E-state index contributed by atoms with van der Waals surface area (Å²) in [6, 6.07) is 1.60. The molecule has 1 aromatic heterocycles. The van der Waals surface area contributed by atoms with Gasteiger partial charge in [-0.05, 0) is 25.9 Å². The average Bonchev–Trinajstić information content (AvgIpc) is 2.86. The summed E-state index contributed by atoms with van der Waals surface area (Å²) in [6.07, 6.45) is 5.06. The van der Waals surface area contributed by atoms with E-state index in [-0.39, 0.29) is 11.2 Å². The fourth-order valence-corrected chi connectivity index (χ4v) is 3.62. The van der Waals surface area contributed by atoms with Crippen LogP contribution < -0.4 is 5.43 Å². The number of ether oxygens (including phenoxy) is 1. The van der Waals surface area contributed by atoms with Gasteiger partial charge in [-0.2, -0.15) is 0 Å². The zero-order chi connectivity index (χ0) is 16.9. The van der Waals surface area contributed by atoms with Gasteiger partial charge in [0.1, 0.15) is 0 Å². The lowest BCUT2D eigenvalue weighted by Crippen LogP contribution is -2.37. The van der Waals surface area contributed by atoms with Crippen molar-refractivity contribution in [3.63, 3.8) is 0 Å². The maximum Gasteiger partial charge on any atom is 0.223 e. The number of morpholine rings is 1. The predicted octanol–water partition coefficient (Wildman–Crippen LogP) is 1.30. The molecule has 0 amide bonds. The molecule has 6 nitrogen and oxygen atoms in total. The maximum absolute atomic E-state index is 12.2. The highest BCUT2D eigenvalue weighted by atomic mass is 16.5. The Morgan fingerprint density at radius 3 is 2.29 bits per heavy atom. The van der Waals surface area contributed by atoms with Gasteiger partial charge in [0.2, 0.25) is 5.43 Å². The molecule has 24 heavy (non-hydrogen) atoms. The second-order valence-electron chi connectivity index (χ2n) is 6.93. The minimum Gasteiger partial charge on any atom is -0.503 e. The van der Waals surface area contributed by atoms with Crippen LogP contribution in [0.4, 0.5) is 0 Å². The van der Waals surface area contributed by atoms with Gasteiger partial charge in [-0.1, -0.05) is 12.8 Å². The molecule has 1 N–H and O–H groups in total. The number of pyridine rings is 1. The molecule has 0 spiro atoms. The molecule has 2 aliphatic heterocycles. The van der Waals surface area contributed by atoms with Gasteiger partial charge in [-0.3, -0.25) is 14.6 Å². The molecular weight excluding hydrogens is 306 g/mol. The fourth-order valence-electron chi connectivity index (χ4n) is 3.62. The number of rotatable bonds is 4. The molecule has 0 unspecified atom stereocenters. The minimum absolute atomic E-state index is 0.108. The summed E-state index contributed by atoms with van der Waals surface area (Å²) in [6.45, 7) is 6.65. The summed E-state index contributed by atoms with van der Waals surface area (Å²) in [4.78, 5) is 16.9. The van der Waals surface area contributed by atoms with Gasteiger partial charge in [-0.15, -0.1) is 0 Å². The number of hydrogen-bond donors (Lipinski definition) is 1. The maximum atomic E-state index is 12.2. The average molecular weight is 335 g/mol. The van der Waals surface area contributed by atoms with E-state index < -0.39 is 0 Å². The molecule has 1 aromatic rings. The lowest BCUT2D eigenvalue weighted by Gasteiger charge is -2.29. The molecule has 2 saturated heterocycles. The largest absolute Gasteiger partial charge is 0.503 e. The molecule has 6 heteroatoms. The first-order chi connectivity index (χ1) is 11.6. The molecule has 3 rings (SSSR count). The van der Waals surface area contributed by atoms with Crippen LogP contribution in [-0.4, -0.2) is 58.9 Å². The van der Waals surface area contributed by atoms with Crippen LogP contribution in [0.15, 0.2) is 10.9 Å². The van der Waals surface area contributed by atoms with Crippen molar-refractivity contribution in [1.29, 1.82) is 0 Å². The van der Waals surface area contributed by atoms with Gasteiger partial charge in [-0.25, -0.2) is 0 Å². The van der Waals surface area contributed by atoms with E-state index in [1.54, 1.807) is 6.07 Å². The summed E-state index contributed by atoms with van der Waals surface area (Å²) >= 11 is 0. The van der Waals surface area contributed by atoms with Crippen molar-refractivity contribution in [2.75, 3.05) is 39.4 Å². The number of nitrogens with zero attached hydrogens (tertiary/aromatic N) is 3. The van der Waals surface area contributed by atoms with Crippen molar-refractivity contribution in [2.24, 2.45) is 7.05 Å². The Kier molecular flexibility index (Phi) is 5.92. The van der Waals surface area contributed by atoms with Gasteiger partial charge in [0.25, 0.3) is 0 Å². The normalized spacial score (nSPS) is 20.9. The van der Waals surface area contributed by atoms with Gasteiger partial charge in [0.05, 0.1) is 18.9 Å². The molecule has 2 fully saturated rings. The summed E-state index contributed by atoms with van der Waals surface area (Å²) < 4.78 is 7.39. The monoisotopic (exact) mass is 335 g/mol. The van der Waals surface area contributed by atoms with E-state index in [2.05, 4.69) is 9.80 Å². The zero-order valence-electron chi connectivity index (χ0n) is 14.7. The lowest BCUT2D eigenvalue weighted by atomic mass is 10.2.